The van der Waals surface area contributed by atoms with Crippen molar-refractivity contribution >= 4 is 0 Å². The highest BCUT2D eigenvalue weighted by Crippen LogP contribution is 2.14. The Balaban J connectivity index is 2.98. The Hall–Kier alpha value is -0.460. The molecule has 0 spiro atoms. The Kier molecular flexibility index (Phi) is 18.2. The Labute approximate surface area is 141 Å². The van der Waals surface area contributed by atoms with Crippen LogP contribution < -0.4 is 5.32 Å². The molecular weight excluding hydrogens is 266 g/mol. The molecule has 0 aliphatic carbocycles. The van der Waals surface area contributed by atoms with Gasteiger partial charge in [-0.3, -0.25) is 0 Å². The van der Waals surface area contributed by atoms with E-state index in [-0.39, 0.29) is 0 Å². The molecule has 0 rings (SSSR count). The zero-order valence-corrected chi connectivity index (χ0v) is 15.7. The van der Waals surface area contributed by atoms with Crippen LogP contribution in [0.25, 0.3) is 0 Å². The van der Waals surface area contributed by atoms with Gasteiger partial charge in [-0.25, -0.2) is 0 Å². The third-order valence-electron chi connectivity index (χ3n) is 4.69. The van der Waals surface area contributed by atoms with Crippen LogP contribution in [0, 0.1) is 0 Å². The van der Waals surface area contributed by atoms with Gasteiger partial charge in [0.05, 0.1) is 0 Å². The summed E-state index contributed by atoms with van der Waals surface area (Å²) >= 11 is 0. The van der Waals surface area contributed by atoms with Gasteiger partial charge in [0, 0.05) is 12.7 Å². The van der Waals surface area contributed by atoms with Crippen molar-refractivity contribution in [3.63, 3.8) is 0 Å². The molecule has 1 heteroatoms. The zero-order chi connectivity index (χ0) is 16.3. The smallest absolute Gasteiger partial charge is 0.00310 e. The van der Waals surface area contributed by atoms with Crippen LogP contribution in [0.5, 0.6) is 0 Å². The maximum Gasteiger partial charge on any atom is 0.00310 e. The summed E-state index contributed by atoms with van der Waals surface area (Å²) in [6.07, 6.45) is 24.1. The number of allylic oxidation sites excluding steroid dienone is 1. The average Bonchev–Trinajstić information content (AvgIpc) is 2.54. The second-order valence-corrected chi connectivity index (χ2v) is 6.91. The molecule has 0 heterocycles. The minimum Gasteiger partial charge on any atom is -0.392 e. The number of unbranched alkanes of at least 4 members (excludes halogenated alkanes) is 15. The Bertz CT molecular complexity index is 222. The molecule has 0 bridgehead atoms. The van der Waals surface area contributed by atoms with Gasteiger partial charge >= 0.3 is 0 Å². The Morgan fingerprint density at radius 1 is 0.591 bits per heavy atom. The fraction of sp³-hybridized carbons (Fsp3) is 0.905. The highest BCUT2D eigenvalue weighted by molar-refractivity contribution is 4.88. The van der Waals surface area contributed by atoms with Crippen molar-refractivity contribution in [2.24, 2.45) is 0 Å². The molecule has 22 heavy (non-hydrogen) atoms. The van der Waals surface area contributed by atoms with Gasteiger partial charge in [0.25, 0.3) is 0 Å². The maximum atomic E-state index is 3.97. The lowest BCUT2D eigenvalue weighted by Crippen LogP contribution is -2.03. The van der Waals surface area contributed by atoms with Gasteiger partial charge in [0.15, 0.2) is 0 Å². The van der Waals surface area contributed by atoms with Crippen LogP contribution in [-0.2, 0) is 0 Å². The molecule has 0 atom stereocenters. The summed E-state index contributed by atoms with van der Waals surface area (Å²) < 4.78 is 0. The number of hydrogen-bond donors (Lipinski definition) is 1. The van der Waals surface area contributed by atoms with E-state index >= 15 is 0 Å². The molecule has 1 N–H and O–H groups in total. The molecule has 0 unspecified atom stereocenters. The molecule has 0 radical (unpaired) electrons. The summed E-state index contributed by atoms with van der Waals surface area (Å²) in [6.45, 7) is 6.26. The molecule has 1 nitrogen and oxygen atoms in total. The normalized spacial score (nSPS) is 10.8. The van der Waals surface area contributed by atoms with E-state index in [4.69, 9.17) is 0 Å². The minimum absolute atomic E-state index is 1.15. The van der Waals surface area contributed by atoms with Crippen LogP contribution in [0.2, 0.25) is 0 Å². The quantitative estimate of drug-likeness (QED) is 0.261. The van der Waals surface area contributed by atoms with Crippen LogP contribution in [0.4, 0.5) is 0 Å². The van der Waals surface area contributed by atoms with E-state index in [1.165, 1.54) is 108 Å². The first-order valence-electron chi connectivity index (χ1n) is 10.2. The van der Waals surface area contributed by atoms with Gasteiger partial charge in [0.1, 0.15) is 0 Å². The monoisotopic (exact) mass is 309 g/mol. The molecule has 0 aliphatic heterocycles. The summed E-state index contributed by atoms with van der Waals surface area (Å²) in [5, 5.41) is 3.12. The molecule has 0 amide bonds. The largest absolute Gasteiger partial charge is 0.392 e. The number of rotatable bonds is 18. The molecule has 0 fully saturated rings. The molecule has 0 aromatic carbocycles. The van der Waals surface area contributed by atoms with E-state index in [9.17, 15) is 0 Å². The van der Waals surface area contributed by atoms with Gasteiger partial charge in [0.2, 0.25) is 0 Å². The van der Waals surface area contributed by atoms with Crippen molar-refractivity contribution in [1.29, 1.82) is 0 Å². The second-order valence-electron chi connectivity index (χ2n) is 6.91. The predicted molar refractivity (Wildman–Crippen MR) is 102 cm³/mol. The van der Waals surface area contributed by atoms with E-state index < -0.39 is 0 Å². The van der Waals surface area contributed by atoms with E-state index in [1.807, 2.05) is 7.05 Å². The first kappa shape index (κ1) is 21.5. The van der Waals surface area contributed by atoms with Crippen molar-refractivity contribution in [3.8, 4) is 0 Å². The third-order valence-corrected chi connectivity index (χ3v) is 4.69. The third kappa shape index (κ3) is 17.6. The first-order valence-corrected chi connectivity index (χ1v) is 10.2. The molecule has 0 aromatic rings. The summed E-state index contributed by atoms with van der Waals surface area (Å²) in [6, 6.07) is 0. The van der Waals surface area contributed by atoms with Gasteiger partial charge in [-0.2, -0.15) is 0 Å². The van der Waals surface area contributed by atoms with Crippen molar-refractivity contribution in [1.82, 2.24) is 5.32 Å². The molecule has 0 saturated carbocycles. The number of hydrogen-bond acceptors (Lipinski definition) is 1. The average molecular weight is 310 g/mol. The lowest BCUT2D eigenvalue weighted by atomic mass is 10.0. The summed E-state index contributed by atoms with van der Waals surface area (Å²) in [7, 11) is 1.97. The van der Waals surface area contributed by atoms with Gasteiger partial charge in [-0.05, 0) is 12.8 Å². The zero-order valence-electron chi connectivity index (χ0n) is 15.7. The van der Waals surface area contributed by atoms with Crippen LogP contribution in [0.1, 0.15) is 116 Å². The van der Waals surface area contributed by atoms with Crippen LogP contribution >= 0.6 is 0 Å². The standard InChI is InChI=1S/C21H43N/c1-4-5-6-7-8-9-10-11-12-13-14-15-16-17-18-19-20-21(2)22-3/h22H,2,4-20H2,1,3H3. The van der Waals surface area contributed by atoms with Gasteiger partial charge < -0.3 is 5.32 Å². The van der Waals surface area contributed by atoms with E-state index in [0.29, 0.717) is 0 Å². The summed E-state index contributed by atoms with van der Waals surface area (Å²) in [5.41, 5.74) is 1.19. The Morgan fingerprint density at radius 2 is 0.909 bits per heavy atom. The SMILES string of the molecule is C=C(CCCCCCCCCCCCCCCCCC)NC. The van der Waals surface area contributed by atoms with Gasteiger partial charge in [-0.1, -0.05) is 110 Å². The minimum atomic E-state index is 1.15. The lowest BCUT2D eigenvalue weighted by molar-refractivity contribution is 0.529. The van der Waals surface area contributed by atoms with Crippen molar-refractivity contribution in [2.45, 2.75) is 116 Å². The number of nitrogens with one attached hydrogen (secondary N) is 1. The van der Waals surface area contributed by atoms with Crippen molar-refractivity contribution < 1.29 is 0 Å². The second kappa shape index (κ2) is 18.6. The van der Waals surface area contributed by atoms with Gasteiger partial charge in [-0.15, -0.1) is 0 Å². The molecule has 0 saturated heterocycles. The van der Waals surface area contributed by atoms with Crippen LogP contribution in [0.15, 0.2) is 12.3 Å². The van der Waals surface area contributed by atoms with E-state index in [2.05, 4.69) is 18.8 Å². The fourth-order valence-corrected chi connectivity index (χ4v) is 3.01. The predicted octanol–water partition coefficient (Wildman–Crippen LogP) is 7.37. The highest BCUT2D eigenvalue weighted by atomic mass is 14.8. The maximum absolute atomic E-state index is 3.97. The van der Waals surface area contributed by atoms with Crippen LogP contribution in [0.3, 0.4) is 0 Å². The first-order chi connectivity index (χ1) is 10.8. The van der Waals surface area contributed by atoms with Crippen molar-refractivity contribution in [3.05, 3.63) is 12.3 Å². The molecule has 132 valence electrons. The topological polar surface area (TPSA) is 12.0 Å². The molecular formula is C21H43N. The highest BCUT2D eigenvalue weighted by Gasteiger charge is 1.95. The molecule has 0 aromatic heterocycles. The molecule has 0 aliphatic rings. The van der Waals surface area contributed by atoms with E-state index in [0.717, 1.165) is 6.42 Å². The van der Waals surface area contributed by atoms with E-state index in [1.54, 1.807) is 0 Å². The summed E-state index contributed by atoms with van der Waals surface area (Å²) in [4.78, 5) is 0. The summed E-state index contributed by atoms with van der Waals surface area (Å²) in [5.74, 6) is 0. The Morgan fingerprint density at radius 3 is 1.23 bits per heavy atom. The van der Waals surface area contributed by atoms with Crippen LogP contribution in [-0.4, -0.2) is 7.05 Å². The fourth-order valence-electron chi connectivity index (χ4n) is 3.01. The van der Waals surface area contributed by atoms with Crippen molar-refractivity contribution in [2.75, 3.05) is 7.05 Å². The lowest BCUT2D eigenvalue weighted by Gasteiger charge is -2.05.